The van der Waals surface area contributed by atoms with Crippen LogP contribution in [-0.2, 0) is 0 Å². The van der Waals surface area contributed by atoms with Gasteiger partial charge in [0, 0.05) is 0 Å². The summed E-state index contributed by atoms with van der Waals surface area (Å²) in [6.45, 7) is 9.06. The lowest BCUT2D eigenvalue weighted by molar-refractivity contribution is -0.0384. The van der Waals surface area contributed by atoms with E-state index >= 15 is 0 Å². The lowest BCUT2D eigenvalue weighted by Crippen LogP contribution is -2.37. The lowest BCUT2D eigenvalue weighted by Gasteiger charge is -2.33. The van der Waals surface area contributed by atoms with Gasteiger partial charge in [0.1, 0.15) is 0 Å². The summed E-state index contributed by atoms with van der Waals surface area (Å²) in [6, 6.07) is 0. The van der Waals surface area contributed by atoms with E-state index in [1.165, 1.54) is 77.0 Å². The minimum atomic E-state index is -0.368. The van der Waals surface area contributed by atoms with Gasteiger partial charge in [-0.1, -0.05) is 85.5 Å². The zero-order valence-electron chi connectivity index (χ0n) is 15.9. The molecule has 1 rings (SSSR count). The number of unbranched alkanes of at least 4 members (excludes halogenated alkanes) is 7. The van der Waals surface area contributed by atoms with E-state index in [0.717, 1.165) is 12.3 Å². The highest BCUT2D eigenvalue weighted by molar-refractivity contribution is 4.96. The maximum atomic E-state index is 10.9. The van der Waals surface area contributed by atoms with E-state index in [1.54, 1.807) is 0 Å². The highest BCUT2D eigenvalue weighted by atomic mass is 16.3. The monoisotopic (exact) mass is 310 g/mol. The molecule has 0 heterocycles. The topological polar surface area (TPSA) is 20.2 Å². The maximum Gasteiger partial charge on any atom is 0.0698 e. The summed E-state index contributed by atoms with van der Waals surface area (Å²) in [5.41, 5.74) is -0.368. The first kappa shape index (κ1) is 20.0. The van der Waals surface area contributed by atoms with Gasteiger partial charge >= 0.3 is 0 Å². The Hall–Kier alpha value is -0.0400. The molecular formula is C21H42O. The van der Waals surface area contributed by atoms with Crippen LogP contribution in [-0.4, -0.2) is 10.7 Å². The van der Waals surface area contributed by atoms with Crippen LogP contribution in [0.4, 0.5) is 0 Å². The van der Waals surface area contributed by atoms with E-state index in [1.807, 2.05) is 0 Å². The van der Waals surface area contributed by atoms with Crippen LogP contribution in [0.1, 0.15) is 111 Å². The van der Waals surface area contributed by atoms with Gasteiger partial charge in [0.15, 0.2) is 0 Å². The van der Waals surface area contributed by atoms with Gasteiger partial charge in [0.25, 0.3) is 0 Å². The summed E-state index contributed by atoms with van der Waals surface area (Å²) < 4.78 is 0. The van der Waals surface area contributed by atoms with E-state index < -0.39 is 0 Å². The van der Waals surface area contributed by atoms with Gasteiger partial charge in [0.2, 0.25) is 0 Å². The molecule has 0 amide bonds. The first-order valence-electron chi connectivity index (χ1n) is 10.2. The molecule has 2 unspecified atom stereocenters. The molecule has 132 valence electrons. The SMILES string of the molecule is CCCCCCCCCCC(C)CCC(O)(C(C)C)C1CC1. The van der Waals surface area contributed by atoms with Crippen LogP contribution in [0.25, 0.3) is 0 Å². The Morgan fingerprint density at radius 3 is 1.91 bits per heavy atom. The van der Waals surface area contributed by atoms with Gasteiger partial charge < -0.3 is 5.11 Å². The van der Waals surface area contributed by atoms with Crippen molar-refractivity contribution in [2.45, 2.75) is 117 Å². The molecule has 0 aromatic rings. The fraction of sp³-hybridized carbons (Fsp3) is 1.00. The lowest BCUT2D eigenvalue weighted by atomic mass is 9.79. The summed E-state index contributed by atoms with van der Waals surface area (Å²) in [6.07, 6.45) is 17.4. The zero-order chi connectivity index (χ0) is 16.4. The molecule has 0 radical (unpaired) electrons. The molecule has 1 saturated carbocycles. The predicted molar refractivity (Wildman–Crippen MR) is 98.1 cm³/mol. The van der Waals surface area contributed by atoms with Crippen molar-refractivity contribution in [3.05, 3.63) is 0 Å². The largest absolute Gasteiger partial charge is 0.389 e. The zero-order valence-corrected chi connectivity index (χ0v) is 15.9. The van der Waals surface area contributed by atoms with Gasteiger partial charge in [-0.05, 0) is 43.4 Å². The van der Waals surface area contributed by atoms with Crippen molar-refractivity contribution in [2.24, 2.45) is 17.8 Å². The Balaban J connectivity index is 2.02. The molecule has 0 aromatic heterocycles. The quantitative estimate of drug-likeness (QED) is 0.353. The first-order valence-corrected chi connectivity index (χ1v) is 10.2. The Morgan fingerprint density at radius 1 is 0.864 bits per heavy atom. The smallest absolute Gasteiger partial charge is 0.0698 e. The third kappa shape index (κ3) is 7.49. The molecule has 1 fully saturated rings. The highest BCUT2D eigenvalue weighted by Crippen LogP contribution is 2.46. The van der Waals surface area contributed by atoms with Crippen molar-refractivity contribution < 1.29 is 5.11 Å². The van der Waals surface area contributed by atoms with Crippen molar-refractivity contribution in [1.82, 2.24) is 0 Å². The fourth-order valence-electron chi connectivity index (χ4n) is 3.80. The molecule has 1 nitrogen and oxygen atoms in total. The molecule has 1 N–H and O–H groups in total. The van der Waals surface area contributed by atoms with Crippen LogP contribution in [0.15, 0.2) is 0 Å². The standard InChI is InChI=1S/C21H42O/c1-5-6-7-8-9-10-11-12-13-19(4)16-17-21(22,18(2)3)20-14-15-20/h18-20,22H,5-17H2,1-4H3. The number of aliphatic hydroxyl groups is 1. The molecular weight excluding hydrogens is 268 g/mol. The summed E-state index contributed by atoms with van der Waals surface area (Å²) in [7, 11) is 0. The van der Waals surface area contributed by atoms with E-state index in [9.17, 15) is 5.11 Å². The molecule has 2 atom stereocenters. The van der Waals surface area contributed by atoms with Gasteiger partial charge in [-0.2, -0.15) is 0 Å². The molecule has 0 bridgehead atoms. The van der Waals surface area contributed by atoms with Crippen LogP contribution in [0.2, 0.25) is 0 Å². The minimum absolute atomic E-state index is 0.368. The Labute approximate surface area is 140 Å². The molecule has 1 aliphatic rings. The van der Waals surface area contributed by atoms with Crippen molar-refractivity contribution in [3.63, 3.8) is 0 Å². The van der Waals surface area contributed by atoms with Gasteiger partial charge in [-0.3, -0.25) is 0 Å². The third-order valence-corrected chi connectivity index (χ3v) is 5.87. The first-order chi connectivity index (χ1) is 10.5. The second kappa shape index (κ2) is 10.7. The van der Waals surface area contributed by atoms with E-state index in [2.05, 4.69) is 27.7 Å². The molecule has 0 spiro atoms. The van der Waals surface area contributed by atoms with Gasteiger partial charge in [-0.15, -0.1) is 0 Å². The Morgan fingerprint density at radius 2 is 1.41 bits per heavy atom. The fourth-order valence-corrected chi connectivity index (χ4v) is 3.80. The second-order valence-electron chi connectivity index (χ2n) is 8.33. The van der Waals surface area contributed by atoms with Gasteiger partial charge in [-0.25, -0.2) is 0 Å². The van der Waals surface area contributed by atoms with Crippen molar-refractivity contribution in [1.29, 1.82) is 0 Å². The number of rotatable bonds is 14. The van der Waals surface area contributed by atoms with E-state index in [4.69, 9.17) is 0 Å². The van der Waals surface area contributed by atoms with E-state index in [-0.39, 0.29) is 5.60 Å². The van der Waals surface area contributed by atoms with Crippen LogP contribution in [0.5, 0.6) is 0 Å². The Kier molecular flexibility index (Phi) is 9.71. The highest BCUT2D eigenvalue weighted by Gasteiger charge is 2.45. The summed E-state index contributed by atoms with van der Waals surface area (Å²) in [4.78, 5) is 0. The third-order valence-electron chi connectivity index (χ3n) is 5.87. The van der Waals surface area contributed by atoms with Gasteiger partial charge in [0.05, 0.1) is 5.60 Å². The molecule has 1 aliphatic carbocycles. The number of hydrogen-bond donors (Lipinski definition) is 1. The summed E-state index contributed by atoms with van der Waals surface area (Å²) in [5.74, 6) is 1.79. The minimum Gasteiger partial charge on any atom is -0.389 e. The summed E-state index contributed by atoms with van der Waals surface area (Å²) in [5, 5.41) is 10.9. The van der Waals surface area contributed by atoms with Crippen molar-refractivity contribution >= 4 is 0 Å². The normalized spacial score (nSPS) is 19.4. The molecule has 0 saturated heterocycles. The van der Waals surface area contributed by atoms with Crippen molar-refractivity contribution in [3.8, 4) is 0 Å². The van der Waals surface area contributed by atoms with Crippen LogP contribution >= 0.6 is 0 Å². The number of hydrogen-bond acceptors (Lipinski definition) is 1. The Bertz CT molecular complexity index is 265. The average molecular weight is 311 g/mol. The van der Waals surface area contributed by atoms with Crippen LogP contribution in [0, 0.1) is 17.8 Å². The second-order valence-corrected chi connectivity index (χ2v) is 8.33. The van der Waals surface area contributed by atoms with Crippen LogP contribution in [0.3, 0.4) is 0 Å². The molecule has 22 heavy (non-hydrogen) atoms. The predicted octanol–water partition coefficient (Wildman–Crippen LogP) is 6.73. The maximum absolute atomic E-state index is 10.9. The van der Waals surface area contributed by atoms with Crippen molar-refractivity contribution in [2.75, 3.05) is 0 Å². The van der Waals surface area contributed by atoms with Crippen LogP contribution < -0.4 is 0 Å². The average Bonchev–Trinajstić information content (AvgIpc) is 3.32. The molecule has 0 aliphatic heterocycles. The molecule has 0 aromatic carbocycles. The van der Waals surface area contributed by atoms with E-state index in [0.29, 0.717) is 11.8 Å². The molecule has 1 heteroatoms. The summed E-state index contributed by atoms with van der Waals surface area (Å²) >= 11 is 0.